The number of nitrogens with zero attached hydrogens (tertiary/aromatic N) is 1. The van der Waals surface area contributed by atoms with Crippen LogP contribution in [0.3, 0.4) is 0 Å². The molecule has 0 aliphatic carbocycles. The van der Waals surface area contributed by atoms with Crippen LogP contribution in [-0.4, -0.2) is 50.4 Å². The van der Waals surface area contributed by atoms with Crippen LogP contribution in [0, 0.1) is 0 Å². The van der Waals surface area contributed by atoms with Crippen molar-refractivity contribution in [2.45, 2.75) is 17.6 Å². The van der Waals surface area contributed by atoms with Crippen LogP contribution in [0.4, 0.5) is 0 Å². The molecule has 1 aromatic rings. The van der Waals surface area contributed by atoms with Gasteiger partial charge in [0.1, 0.15) is 0 Å². The molecule has 1 saturated heterocycles. The molecule has 0 amide bonds. The fourth-order valence-corrected chi connectivity index (χ4v) is 4.54. The van der Waals surface area contributed by atoms with Crippen LogP contribution in [0.1, 0.15) is 23.2 Å². The molecule has 2 rings (SSSR count). The second kappa shape index (κ2) is 6.04. The monoisotopic (exact) mass is 330 g/mol. The summed E-state index contributed by atoms with van der Waals surface area (Å²) in [5.41, 5.74) is 0.381. The van der Waals surface area contributed by atoms with Crippen molar-refractivity contribution in [3.05, 3.63) is 34.9 Å². The second-order valence-electron chi connectivity index (χ2n) is 5.37. The highest BCUT2D eigenvalue weighted by Gasteiger charge is 2.52. The fourth-order valence-electron chi connectivity index (χ4n) is 2.65. The molecule has 116 valence electrons. The molecule has 0 saturated carbocycles. The predicted octanol–water partition coefficient (Wildman–Crippen LogP) is 1.54. The molecule has 0 bridgehead atoms. The van der Waals surface area contributed by atoms with E-state index >= 15 is 0 Å². The number of sulfonamides is 1. The van der Waals surface area contributed by atoms with Crippen LogP contribution in [-0.2, 0) is 10.0 Å². The molecule has 1 aliphatic heterocycles. The van der Waals surface area contributed by atoms with E-state index in [9.17, 15) is 13.2 Å². The Morgan fingerprint density at radius 2 is 1.71 bits per heavy atom. The fraction of sp³-hybridized carbons (Fsp3) is 0.500. The molecule has 1 aliphatic rings. The van der Waals surface area contributed by atoms with E-state index < -0.39 is 14.8 Å². The van der Waals surface area contributed by atoms with Gasteiger partial charge < -0.3 is 5.32 Å². The first kappa shape index (κ1) is 16.4. The summed E-state index contributed by atoms with van der Waals surface area (Å²) in [4.78, 5) is 12.9. The maximum atomic E-state index is 12.9. The summed E-state index contributed by atoms with van der Waals surface area (Å²) >= 11 is 5.83. The Hall–Kier alpha value is -0.950. The molecule has 0 unspecified atom stereocenters. The number of halogens is 1. The maximum absolute atomic E-state index is 12.9. The van der Waals surface area contributed by atoms with Crippen LogP contribution < -0.4 is 5.32 Å². The smallest absolute Gasteiger partial charge is 0.227 e. The van der Waals surface area contributed by atoms with Gasteiger partial charge in [-0.05, 0) is 50.2 Å². The Bertz CT molecular complexity index is 620. The van der Waals surface area contributed by atoms with Gasteiger partial charge in [0.25, 0.3) is 0 Å². The SMILES string of the molecule is CN(C)S(=O)(=O)C1(C(=O)c2ccc(Cl)cc2)CCNCC1. The van der Waals surface area contributed by atoms with Gasteiger partial charge in [0.05, 0.1) is 0 Å². The molecule has 1 N–H and O–H groups in total. The maximum Gasteiger partial charge on any atom is 0.227 e. The third kappa shape index (κ3) is 2.85. The van der Waals surface area contributed by atoms with Crippen molar-refractivity contribution in [1.82, 2.24) is 9.62 Å². The van der Waals surface area contributed by atoms with E-state index in [2.05, 4.69) is 5.32 Å². The van der Waals surface area contributed by atoms with E-state index in [0.29, 0.717) is 23.7 Å². The van der Waals surface area contributed by atoms with Gasteiger partial charge in [-0.2, -0.15) is 0 Å². The summed E-state index contributed by atoms with van der Waals surface area (Å²) < 4.78 is 25.2. The van der Waals surface area contributed by atoms with Crippen molar-refractivity contribution in [3.63, 3.8) is 0 Å². The van der Waals surface area contributed by atoms with Crippen LogP contribution in [0.5, 0.6) is 0 Å². The zero-order valence-electron chi connectivity index (χ0n) is 12.1. The highest BCUT2D eigenvalue weighted by molar-refractivity contribution is 7.91. The highest BCUT2D eigenvalue weighted by Crippen LogP contribution is 2.34. The van der Waals surface area contributed by atoms with Crippen molar-refractivity contribution in [2.75, 3.05) is 27.2 Å². The highest BCUT2D eigenvalue weighted by atomic mass is 35.5. The van der Waals surface area contributed by atoms with Crippen molar-refractivity contribution < 1.29 is 13.2 Å². The van der Waals surface area contributed by atoms with Crippen LogP contribution in [0.25, 0.3) is 0 Å². The van der Waals surface area contributed by atoms with E-state index in [1.165, 1.54) is 14.1 Å². The van der Waals surface area contributed by atoms with Gasteiger partial charge in [0.15, 0.2) is 10.5 Å². The lowest BCUT2D eigenvalue weighted by Crippen LogP contribution is -2.56. The van der Waals surface area contributed by atoms with Gasteiger partial charge in [-0.3, -0.25) is 4.79 Å². The van der Waals surface area contributed by atoms with Gasteiger partial charge in [-0.15, -0.1) is 0 Å². The minimum atomic E-state index is -3.71. The Labute approximate surface area is 130 Å². The lowest BCUT2D eigenvalue weighted by molar-refractivity contribution is 0.0913. The van der Waals surface area contributed by atoms with Gasteiger partial charge in [-0.1, -0.05) is 11.6 Å². The Morgan fingerprint density at radius 3 is 2.19 bits per heavy atom. The van der Waals surface area contributed by atoms with Crippen LogP contribution >= 0.6 is 11.6 Å². The van der Waals surface area contributed by atoms with E-state index in [0.717, 1.165) is 4.31 Å². The number of carbonyl (C=O) groups is 1. The molecule has 1 aromatic carbocycles. The number of Topliss-reactive ketones (excluding diaryl/α,β-unsaturated/α-hetero) is 1. The second-order valence-corrected chi connectivity index (χ2v) is 8.27. The molecule has 0 spiro atoms. The number of hydrogen-bond donors (Lipinski definition) is 1. The number of benzene rings is 1. The van der Waals surface area contributed by atoms with Gasteiger partial charge in [0, 0.05) is 24.7 Å². The summed E-state index contributed by atoms with van der Waals surface area (Å²) in [7, 11) is -0.775. The molecular formula is C14H19ClN2O3S. The van der Waals surface area contributed by atoms with Crippen molar-refractivity contribution in [2.24, 2.45) is 0 Å². The first-order valence-corrected chi connectivity index (χ1v) is 8.56. The van der Waals surface area contributed by atoms with Crippen LogP contribution in [0.2, 0.25) is 5.02 Å². The molecular weight excluding hydrogens is 312 g/mol. The molecule has 1 fully saturated rings. The average Bonchev–Trinajstić information content (AvgIpc) is 2.47. The third-order valence-corrected chi connectivity index (χ3v) is 6.70. The first-order chi connectivity index (χ1) is 9.81. The number of nitrogens with one attached hydrogen (secondary N) is 1. The Kier molecular flexibility index (Phi) is 4.72. The van der Waals surface area contributed by atoms with E-state index in [1.807, 2.05) is 0 Å². The molecule has 21 heavy (non-hydrogen) atoms. The first-order valence-electron chi connectivity index (χ1n) is 6.74. The van der Waals surface area contributed by atoms with E-state index in [1.54, 1.807) is 24.3 Å². The zero-order chi connectivity index (χ0) is 15.7. The van der Waals surface area contributed by atoms with E-state index in [4.69, 9.17) is 11.6 Å². The summed E-state index contributed by atoms with van der Waals surface area (Å²) in [6.45, 7) is 1.01. The van der Waals surface area contributed by atoms with E-state index in [-0.39, 0.29) is 18.6 Å². The quantitative estimate of drug-likeness (QED) is 0.850. The minimum Gasteiger partial charge on any atom is -0.317 e. The van der Waals surface area contributed by atoms with Gasteiger partial charge in [-0.25, -0.2) is 12.7 Å². The molecule has 0 atom stereocenters. The number of piperidine rings is 1. The number of rotatable bonds is 4. The molecule has 7 heteroatoms. The standard InChI is InChI=1S/C14H19ClN2O3S/c1-17(2)21(19,20)14(7-9-16-10-8-14)13(18)11-3-5-12(15)6-4-11/h3-6,16H,7-10H2,1-2H3. The average molecular weight is 331 g/mol. The molecule has 0 aromatic heterocycles. The van der Waals surface area contributed by atoms with Crippen molar-refractivity contribution in [3.8, 4) is 0 Å². The zero-order valence-corrected chi connectivity index (χ0v) is 13.7. The summed E-state index contributed by atoms with van der Waals surface area (Å²) in [5, 5.41) is 3.62. The summed E-state index contributed by atoms with van der Waals surface area (Å²) in [6.07, 6.45) is 0.546. The van der Waals surface area contributed by atoms with Crippen molar-refractivity contribution in [1.29, 1.82) is 0 Å². The largest absolute Gasteiger partial charge is 0.317 e. The number of ketones is 1. The predicted molar refractivity (Wildman–Crippen MR) is 83.2 cm³/mol. The van der Waals surface area contributed by atoms with Crippen molar-refractivity contribution >= 4 is 27.4 Å². The lowest BCUT2D eigenvalue weighted by atomic mass is 9.88. The number of carbonyl (C=O) groups excluding carboxylic acids is 1. The Morgan fingerprint density at radius 1 is 1.19 bits per heavy atom. The summed E-state index contributed by atoms with van der Waals surface area (Å²) in [5.74, 6) is -0.352. The Balaban J connectivity index is 2.50. The molecule has 0 radical (unpaired) electrons. The number of hydrogen-bond acceptors (Lipinski definition) is 4. The third-order valence-electron chi connectivity index (χ3n) is 3.91. The minimum absolute atomic E-state index is 0.273. The summed E-state index contributed by atoms with van der Waals surface area (Å²) in [6, 6.07) is 6.37. The van der Waals surface area contributed by atoms with Gasteiger partial charge >= 0.3 is 0 Å². The molecule has 5 nitrogen and oxygen atoms in total. The topological polar surface area (TPSA) is 66.5 Å². The van der Waals surface area contributed by atoms with Crippen LogP contribution in [0.15, 0.2) is 24.3 Å². The van der Waals surface area contributed by atoms with Gasteiger partial charge in [0.2, 0.25) is 10.0 Å². The molecule has 1 heterocycles. The normalized spacial score (nSPS) is 18.7. The lowest BCUT2D eigenvalue weighted by Gasteiger charge is -2.37.